The highest BCUT2D eigenvalue weighted by Crippen LogP contribution is 2.16. The zero-order chi connectivity index (χ0) is 44.4. The van der Waals surface area contributed by atoms with E-state index in [9.17, 15) is 14.4 Å². The molecule has 0 bridgehead atoms. The molecule has 0 aliphatic rings. The maximum absolute atomic E-state index is 12.8. The van der Waals surface area contributed by atoms with Crippen molar-refractivity contribution in [3.63, 3.8) is 0 Å². The lowest BCUT2D eigenvalue weighted by molar-refractivity contribution is -0.167. The van der Waals surface area contributed by atoms with Gasteiger partial charge in [-0.05, 0) is 51.4 Å². The fourth-order valence-electron chi connectivity index (χ4n) is 7.89. The van der Waals surface area contributed by atoms with E-state index in [0.29, 0.717) is 19.3 Å². The SMILES string of the molecule is CCCCC/C=C\C/C=C\CCCCCCCCCC(=O)OCC(COC(=O)CCCCCCCCCCCCCC)OC(=O)CCCCCCCCCCCCCCCC. The molecule has 0 aromatic rings. The summed E-state index contributed by atoms with van der Waals surface area (Å²) in [5, 5.41) is 0. The highest BCUT2D eigenvalue weighted by Gasteiger charge is 2.19. The lowest BCUT2D eigenvalue weighted by Gasteiger charge is -2.18. The third kappa shape index (κ3) is 48.8. The molecule has 0 fully saturated rings. The van der Waals surface area contributed by atoms with Gasteiger partial charge in [0, 0.05) is 19.3 Å². The third-order valence-corrected chi connectivity index (χ3v) is 12.0. The van der Waals surface area contributed by atoms with Crippen LogP contribution < -0.4 is 0 Å². The molecular formula is C55H102O6. The van der Waals surface area contributed by atoms with Gasteiger partial charge in [-0.25, -0.2) is 0 Å². The van der Waals surface area contributed by atoms with E-state index >= 15 is 0 Å². The summed E-state index contributed by atoms with van der Waals surface area (Å²) in [7, 11) is 0. The topological polar surface area (TPSA) is 78.9 Å². The van der Waals surface area contributed by atoms with Crippen LogP contribution in [0, 0.1) is 0 Å². The summed E-state index contributed by atoms with van der Waals surface area (Å²) >= 11 is 0. The number of esters is 3. The van der Waals surface area contributed by atoms with Crippen molar-refractivity contribution in [1.82, 2.24) is 0 Å². The lowest BCUT2D eigenvalue weighted by Crippen LogP contribution is -2.30. The molecule has 0 spiro atoms. The second-order valence-corrected chi connectivity index (χ2v) is 18.2. The Morgan fingerprint density at radius 2 is 0.590 bits per heavy atom. The van der Waals surface area contributed by atoms with Gasteiger partial charge in [0.1, 0.15) is 13.2 Å². The van der Waals surface area contributed by atoms with Crippen LogP contribution in [0.25, 0.3) is 0 Å². The second-order valence-electron chi connectivity index (χ2n) is 18.2. The fraction of sp³-hybridized carbons (Fsp3) is 0.873. The van der Waals surface area contributed by atoms with Gasteiger partial charge >= 0.3 is 17.9 Å². The number of hydrogen-bond donors (Lipinski definition) is 0. The Labute approximate surface area is 379 Å². The van der Waals surface area contributed by atoms with E-state index in [1.54, 1.807) is 0 Å². The average Bonchev–Trinajstić information content (AvgIpc) is 3.26. The van der Waals surface area contributed by atoms with Crippen LogP contribution in [0.2, 0.25) is 0 Å². The molecule has 0 heterocycles. The van der Waals surface area contributed by atoms with E-state index in [0.717, 1.165) is 70.6 Å². The fourth-order valence-corrected chi connectivity index (χ4v) is 7.89. The number of rotatable bonds is 49. The van der Waals surface area contributed by atoms with E-state index in [-0.39, 0.29) is 31.1 Å². The Morgan fingerprint density at radius 1 is 0.328 bits per heavy atom. The van der Waals surface area contributed by atoms with Crippen LogP contribution >= 0.6 is 0 Å². The molecule has 6 heteroatoms. The second kappa shape index (κ2) is 50.5. The van der Waals surface area contributed by atoms with Gasteiger partial charge in [-0.2, -0.15) is 0 Å². The smallest absolute Gasteiger partial charge is 0.306 e. The molecule has 0 aliphatic heterocycles. The maximum atomic E-state index is 12.8. The van der Waals surface area contributed by atoms with E-state index < -0.39 is 6.10 Å². The molecule has 0 aromatic heterocycles. The van der Waals surface area contributed by atoms with Crippen molar-refractivity contribution in [2.24, 2.45) is 0 Å². The lowest BCUT2D eigenvalue weighted by atomic mass is 10.0. The standard InChI is InChI=1S/C55H102O6/c1-4-7-10-13-16-19-22-25-27-28-29-31-33-36-39-42-45-48-54(57)60-51-52(50-59-53(56)47-44-41-38-35-32-24-21-18-15-12-9-6-3)61-55(58)49-46-43-40-37-34-30-26-23-20-17-14-11-8-5-2/h16,19,25,27,52H,4-15,17-18,20-24,26,28-51H2,1-3H3/b19-16-,27-25-. The maximum Gasteiger partial charge on any atom is 0.306 e. The van der Waals surface area contributed by atoms with Gasteiger partial charge in [0.15, 0.2) is 6.10 Å². The summed E-state index contributed by atoms with van der Waals surface area (Å²) in [5.41, 5.74) is 0. The van der Waals surface area contributed by atoms with Crippen LogP contribution in [0.1, 0.15) is 290 Å². The molecule has 61 heavy (non-hydrogen) atoms. The number of allylic oxidation sites excluding steroid dienone is 4. The van der Waals surface area contributed by atoms with Crippen LogP contribution in [0.15, 0.2) is 24.3 Å². The van der Waals surface area contributed by atoms with Gasteiger partial charge < -0.3 is 14.2 Å². The van der Waals surface area contributed by atoms with E-state index in [4.69, 9.17) is 14.2 Å². The quantitative estimate of drug-likeness (QED) is 0.0262. The normalized spacial score (nSPS) is 12.1. The van der Waals surface area contributed by atoms with Gasteiger partial charge in [-0.3, -0.25) is 14.4 Å². The van der Waals surface area contributed by atoms with Gasteiger partial charge in [-0.15, -0.1) is 0 Å². The summed E-state index contributed by atoms with van der Waals surface area (Å²) < 4.78 is 16.8. The Balaban J connectivity index is 4.33. The number of carbonyl (C=O) groups excluding carboxylic acids is 3. The Kier molecular flexibility index (Phi) is 48.8. The minimum atomic E-state index is -0.768. The average molecular weight is 859 g/mol. The first kappa shape index (κ1) is 58.9. The largest absolute Gasteiger partial charge is 0.462 e. The molecule has 0 aliphatic carbocycles. The van der Waals surface area contributed by atoms with Gasteiger partial charge in [0.2, 0.25) is 0 Å². The Hall–Kier alpha value is -2.11. The highest BCUT2D eigenvalue weighted by atomic mass is 16.6. The summed E-state index contributed by atoms with van der Waals surface area (Å²) in [6, 6.07) is 0. The van der Waals surface area contributed by atoms with Crippen LogP contribution in [-0.4, -0.2) is 37.2 Å². The van der Waals surface area contributed by atoms with Crippen LogP contribution in [0.4, 0.5) is 0 Å². The molecular weight excluding hydrogens is 757 g/mol. The molecule has 0 amide bonds. The molecule has 0 aromatic carbocycles. The number of unbranched alkanes of at least 4 members (excludes halogenated alkanes) is 34. The zero-order valence-corrected chi connectivity index (χ0v) is 40.9. The van der Waals surface area contributed by atoms with E-state index in [1.165, 1.54) is 180 Å². The first-order valence-electron chi connectivity index (χ1n) is 26.8. The predicted octanol–water partition coefficient (Wildman–Crippen LogP) is 17.5. The van der Waals surface area contributed by atoms with Crippen LogP contribution in [0.3, 0.4) is 0 Å². The van der Waals surface area contributed by atoms with Gasteiger partial charge in [-0.1, -0.05) is 244 Å². The molecule has 0 radical (unpaired) electrons. The summed E-state index contributed by atoms with van der Waals surface area (Å²) in [4.78, 5) is 38.0. The van der Waals surface area contributed by atoms with Crippen LogP contribution in [0.5, 0.6) is 0 Å². The monoisotopic (exact) mass is 859 g/mol. The third-order valence-electron chi connectivity index (χ3n) is 12.0. The zero-order valence-electron chi connectivity index (χ0n) is 40.9. The number of carbonyl (C=O) groups is 3. The molecule has 0 N–H and O–H groups in total. The van der Waals surface area contributed by atoms with Crippen LogP contribution in [-0.2, 0) is 28.6 Å². The molecule has 358 valence electrons. The molecule has 6 nitrogen and oxygen atoms in total. The first-order chi connectivity index (χ1) is 30.0. The number of hydrogen-bond acceptors (Lipinski definition) is 6. The first-order valence-corrected chi connectivity index (χ1v) is 26.8. The molecule has 1 unspecified atom stereocenters. The highest BCUT2D eigenvalue weighted by molar-refractivity contribution is 5.71. The minimum Gasteiger partial charge on any atom is -0.462 e. The minimum absolute atomic E-state index is 0.0686. The summed E-state index contributed by atoms with van der Waals surface area (Å²) in [5.74, 6) is -0.861. The molecule has 0 saturated heterocycles. The molecule has 0 saturated carbocycles. The van der Waals surface area contributed by atoms with Crippen molar-refractivity contribution in [3.8, 4) is 0 Å². The molecule has 0 rings (SSSR count). The van der Waals surface area contributed by atoms with Crippen molar-refractivity contribution in [1.29, 1.82) is 0 Å². The summed E-state index contributed by atoms with van der Waals surface area (Å²) in [6.45, 7) is 6.64. The Bertz CT molecular complexity index is 989. The van der Waals surface area contributed by atoms with Gasteiger partial charge in [0.25, 0.3) is 0 Å². The van der Waals surface area contributed by atoms with E-state index in [2.05, 4.69) is 45.1 Å². The van der Waals surface area contributed by atoms with Crippen molar-refractivity contribution in [3.05, 3.63) is 24.3 Å². The Morgan fingerprint density at radius 3 is 0.934 bits per heavy atom. The van der Waals surface area contributed by atoms with E-state index in [1.807, 2.05) is 0 Å². The predicted molar refractivity (Wildman–Crippen MR) is 261 cm³/mol. The van der Waals surface area contributed by atoms with Crippen molar-refractivity contribution >= 4 is 17.9 Å². The van der Waals surface area contributed by atoms with Crippen molar-refractivity contribution in [2.75, 3.05) is 13.2 Å². The number of ether oxygens (including phenoxy) is 3. The van der Waals surface area contributed by atoms with Crippen molar-refractivity contribution in [2.45, 2.75) is 297 Å². The summed E-state index contributed by atoms with van der Waals surface area (Å²) in [6.07, 6.45) is 57.3. The van der Waals surface area contributed by atoms with Crippen molar-refractivity contribution < 1.29 is 28.6 Å². The molecule has 1 atom stereocenters. The van der Waals surface area contributed by atoms with Gasteiger partial charge in [0.05, 0.1) is 0 Å².